The fourth-order valence-corrected chi connectivity index (χ4v) is 3.40. The van der Waals surface area contributed by atoms with E-state index < -0.39 is 0 Å². The van der Waals surface area contributed by atoms with E-state index in [-0.39, 0.29) is 17.4 Å². The maximum atomic E-state index is 11.4. The fourth-order valence-electron chi connectivity index (χ4n) is 2.21. The lowest BCUT2D eigenvalue weighted by molar-refractivity contribution is -0.141. The van der Waals surface area contributed by atoms with Gasteiger partial charge in [-0.2, -0.15) is 0 Å². The molecule has 1 atom stereocenters. The Hall–Kier alpha value is -1.00. The molecule has 0 bridgehead atoms. The molecule has 0 aliphatic heterocycles. The van der Waals surface area contributed by atoms with Crippen LogP contribution in [0.25, 0.3) is 0 Å². The van der Waals surface area contributed by atoms with Crippen molar-refractivity contribution < 1.29 is 9.53 Å². The summed E-state index contributed by atoms with van der Waals surface area (Å²) in [6.07, 6.45) is 3.77. The summed E-state index contributed by atoms with van der Waals surface area (Å²) in [5.41, 5.74) is 7.37. The summed E-state index contributed by atoms with van der Waals surface area (Å²) in [4.78, 5) is 12.6. The van der Waals surface area contributed by atoms with Gasteiger partial charge < -0.3 is 10.5 Å². The molecule has 1 saturated carbocycles. The summed E-state index contributed by atoms with van der Waals surface area (Å²) in [5.74, 6) is 0.897. The zero-order valence-electron chi connectivity index (χ0n) is 12.2. The molecule has 2 N–H and O–H groups in total. The third-order valence-electron chi connectivity index (χ3n) is 4.00. The molecule has 1 fully saturated rings. The molecule has 0 aromatic heterocycles. The number of hydrogen-bond donors (Lipinski definition) is 1. The summed E-state index contributed by atoms with van der Waals surface area (Å²) in [5, 5.41) is 0. The van der Waals surface area contributed by atoms with E-state index in [0.717, 1.165) is 25.0 Å². The van der Waals surface area contributed by atoms with Crippen LogP contribution in [-0.2, 0) is 9.53 Å². The van der Waals surface area contributed by atoms with Crippen LogP contribution < -0.4 is 5.73 Å². The maximum Gasteiger partial charge on any atom is 0.306 e. The standard InChI is InChI=1S/C16H23NO2S/c1-3-14(17)12-4-6-13(7-5-12)20-11-16(8-9-16)10-15(18)19-2/h4-7,14H,3,8-11,17H2,1-2H3. The number of carbonyl (C=O) groups is 1. The summed E-state index contributed by atoms with van der Waals surface area (Å²) >= 11 is 1.82. The fraction of sp³-hybridized carbons (Fsp3) is 0.562. The van der Waals surface area contributed by atoms with Gasteiger partial charge in [0, 0.05) is 16.7 Å². The van der Waals surface area contributed by atoms with Crippen molar-refractivity contribution in [2.45, 2.75) is 43.5 Å². The first-order valence-electron chi connectivity index (χ1n) is 7.14. The van der Waals surface area contributed by atoms with E-state index in [9.17, 15) is 4.79 Å². The van der Waals surface area contributed by atoms with Gasteiger partial charge in [-0.3, -0.25) is 4.79 Å². The first kappa shape index (κ1) is 15.4. The summed E-state index contributed by atoms with van der Waals surface area (Å²) in [6.45, 7) is 2.09. The Kier molecular flexibility index (Phi) is 5.11. The van der Waals surface area contributed by atoms with Gasteiger partial charge in [0.2, 0.25) is 0 Å². The van der Waals surface area contributed by atoms with Crippen LogP contribution in [-0.4, -0.2) is 18.8 Å². The van der Waals surface area contributed by atoms with E-state index in [1.54, 1.807) is 0 Å². The number of ether oxygens (including phenoxy) is 1. The number of esters is 1. The Labute approximate surface area is 125 Å². The largest absolute Gasteiger partial charge is 0.469 e. The Morgan fingerprint density at radius 2 is 2.05 bits per heavy atom. The summed E-state index contributed by atoms with van der Waals surface area (Å²) < 4.78 is 4.77. The topological polar surface area (TPSA) is 52.3 Å². The SMILES string of the molecule is CCC(N)c1ccc(SCC2(CC(=O)OC)CC2)cc1. The molecule has 4 heteroatoms. The highest BCUT2D eigenvalue weighted by molar-refractivity contribution is 7.99. The van der Waals surface area contributed by atoms with E-state index in [0.29, 0.717) is 6.42 Å². The molecule has 0 saturated heterocycles. The molecule has 2 rings (SSSR count). The van der Waals surface area contributed by atoms with Crippen molar-refractivity contribution in [3.05, 3.63) is 29.8 Å². The van der Waals surface area contributed by atoms with Crippen LogP contribution in [0.1, 0.15) is 44.2 Å². The Bertz CT molecular complexity index is 454. The van der Waals surface area contributed by atoms with E-state index >= 15 is 0 Å². The van der Waals surface area contributed by atoms with E-state index in [4.69, 9.17) is 10.5 Å². The minimum atomic E-state index is -0.0904. The lowest BCUT2D eigenvalue weighted by atomic mass is 10.1. The molecular formula is C16H23NO2S. The van der Waals surface area contributed by atoms with Crippen LogP contribution in [0, 0.1) is 5.41 Å². The van der Waals surface area contributed by atoms with Gasteiger partial charge in [-0.15, -0.1) is 11.8 Å². The lowest BCUT2D eigenvalue weighted by Gasteiger charge is -2.14. The molecule has 110 valence electrons. The van der Waals surface area contributed by atoms with Gasteiger partial charge in [-0.1, -0.05) is 19.1 Å². The maximum absolute atomic E-state index is 11.4. The van der Waals surface area contributed by atoms with Gasteiger partial charge in [-0.25, -0.2) is 0 Å². The normalized spacial score (nSPS) is 17.6. The third kappa shape index (κ3) is 4.00. The highest BCUT2D eigenvalue weighted by Gasteiger charge is 2.44. The van der Waals surface area contributed by atoms with Gasteiger partial charge in [-0.05, 0) is 42.4 Å². The number of thioether (sulfide) groups is 1. The Morgan fingerprint density at radius 3 is 2.55 bits per heavy atom. The second-order valence-corrected chi connectivity index (χ2v) is 6.67. The number of nitrogens with two attached hydrogens (primary N) is 1. The van der Waals surface area contributed by atoms with Crippen molar-refractivity contribution in [1.82, 2.24) is 0 Å². The quantitative estimate of drug-likeness (QED) is 0.617. The van der Waals surface area contributed by atoms with Crippen molar-refractivity contribution >= 4 is 17.7 Å². The predicted molar refractivity (Wildman–Crippen MR) is 82.7 cm³/mol. The minimum Gasteiger partial charge on any atom is -0.469 e. The molecule has 1 unspecified atom stereocenters. The number of hydrogen-bond acceptors (Lipinski definition) is 4. The second kappa shape index (κ2) is 6.64. The van der Waals surface area contributed by atoms with Crippen LogP contribution in [0.15, 0.2) is 29.2 Å². The van der Waals surface area contributed by atoms with E-state index in [1.807, 2.05) is 11.8 Å². The van der Waals surface area contributed by atoms with Crippen molar-refractivity contribution in [2.24, 2.45) is 11.1 Å². The first-order chi connectivity index (χ1) is 9.58. The van der Waals surface area contributed by atoms with Gasteiger partial charge in [0.15, 0.2) is 0 Å². The van der Waals surface area contributed by atoms with Crippen molar-refractivity contribution in [3.63, 3.8) is 0 Å². The zero-order chi connectivity index (χ0) is 14.6. The van der Waals surface area contributed by atoms with Crippen LogP contribution in [0.5, 0.6) is 0 Å². The highest BCUT2D eigenvalue weighted by atomic mass is 32.2. The predicted octanol–water partition coefficient (Wildman–Crippen LogP) is 3.53. The molecular weight excluding hydrogens is 270 g/mol. The number of rotatable bonds is 7. The van der Waals surface area contributed by atoms with Gasteiger partial charge in [0.05, 0.1) is 13.5 Å². The number of carbonyl (C=O) groups excluding carboxylic acids is 1. The highest BCUT2D eigenvalue weighted by Crippen LogP contribution is 2.52. The molecule has 1 aliphatic carbocycles. The van der Waals surface area contributed by atoms with Crippen LogP contribution in [0.3, 0.4) is 0 Å². The third-order valence-corrected chi connectivity index (χ3v) is 5.36. The molecule has 0 heterocycles. The van der Waals surface area contributed by atoms with Crippen molar-refractivity contribution in [1.29, 1.82) is 0 Å². The van der Waals surface area contributed by atoms with Crippen LogP contribution in [0.4, 0.5) is 0 Å². The first-order valence-corrected chi connectivity index (χ1v) is 8.12. The average molecular weight is 293 g/mol. The molecule has 20 heavy (non-hydrogen) atoms. The number of methoxy groups -OCH3 is 1. The van der Waals surface area contributed by atoms with Crippen molar-refractivity contribution in [3.8, 4) is 0 Å². The van der Waals surface area contributed by atoms with Crippen LogP contribution >= 0.6 is 11.8 Å². The summed E-state index contributed by atoms with van der Waals surface area (Å²) in [6, 6.07) is 8.60. The van der Waals surface area contributed by atoms with Crippen molar-refractivity contribution in [2.75, 3.05) is 12.9 Å². The van der Waals surface area contributed by atoms with E-state index in [1.165, 1.54) is 17.6 Å². The smallest absolute Gasteiger partial charge is 0.306 e. The monoisotopic (exact) mass is 293 g/mol. The lowest BCUT2D eigenvalue weighted by Crippen LogP contribution is -2.13. The minimum absolute atomic E-state index is 0.0904. The molecule has 1 aromatic carbocycles. The van der Waals surface area contributed by atoms with Gasteiger partial charge >= 0.3 is 5.97 Å². The Morgan fingerprint density at radius 1 is 1.40 bits per heavy atom. The summed E-state index contributed by atoms with van der Waals surface area (Å²) in [7, 11) is 1.46. The molecule has 1 aliphatic rings. The molecule has 3 nitrogen and oxygen atoms in total. The second-order valence-electron chi connectivity index (χ2n) is 5.63. The molecule has 0 radical (unpaired) electrons. The van der Waals surface area contributed by atoms with E-state index in [2.05, 4.69) is 31.2 Å². The average Bonchev–Trinajstić information content (AvgIpc) is 3.24. The zero-order valence-corrected chi connectivity index (χ0v) is 13.0. The van der Waals surface area contributed by atoms with Gasteiger partial charge in [0.25, 0.3) is 0 Å². The molecule has 0 spiro atoms. The van der Waals surface area contributed by atoms with Gasteiger partial charge in [0.1, 0.15) is 0 Å². The Balaban J connectivity index is 1.86. The number of benzene rings is 1. The molecule has 0 amide bonds. The molecule has 1 aromatic rings. The van der Waals surface area contributed by atoms with Crippen LogP contribution in [0.2, 0.25) is 0 Å².